The lowest BCUT2D eigenvalue weighted by Gasteiger charge is -2.35. The van der Waals surface area contributed by atoms with Crippen LogP contribution in [0.2, 0.25) is 5.02 Å². The molecule has 3 unspecified atom stereocenters. The van der Waals surface area contributed by atoms with Gasteiger partial charge in [-0.05, 0) is 29.8 Å². The summed E-state index contributed by atoms with van der Waals surface area (Å²) in [5.74, 6) is -0.388. The first-order valence-electron chi connectivity index (χ1n) is 10.9. The molecule has 5 nitrogen and oxygen atoms in total. The summed E-state index contributed by atoms with van der Waals surface area (Å²) in [6.07, 6.45) is 3.71. The molecule has 2 aliphatic rings. The standard InChI is InChI=1S/C28H20ClN3O2/c1-34-23-10-6-5-9-21(23)25-26(27(33)18-7-3-2-4-8-18)32-22-13-12-20(29)15-19(22)11-14-24(32)28(25,16-30)17-31/h2-15,24-26H,1H3. The van der Waals surface area contributed by atoms with Crippen LogP contribution in [-0.2, 0) is 0 Å². The molecule has 3 aromatic carbocycles. The van der Waals surface area contributed by atoms with Crippen molar-refractivity contribution in [1.82, 2.24) is 0 Å². The van der Waals surface area contributed by atoms with E-state index in [0.29, 0.717) is 21.9 Å². The molecule has 0 aliphatic carbocycles. The van der Waals surface area contributed by atoms with E-state index in [0.717, 1.165) is 11.3 Å². The van der Waals surface area contributed by atoms with E-state index in [4.69, 9.17) is 16.3 Å². The number of para-hydroxylation sites is 1. The number of anilines is 1. The minimum Gasteiger partial charge on any atom is -0.496 e. The van der Waals surface area contributed by atoms with Gasteiger partial charge in [-0.25, -0.2) is 0 Å². The Morgan fingerprint density at radius 1 is 1.03 bits per heavy atom. The van der Waals surface area contributed by atoms with E-state index >= 15 is 0 Å². The Morgan fingerprint density at radius 2 is 1.74 bits per heavy atom. The molecule has 0 bridgehead atoms. The monoisotopic (exact) mass is 465 g/mol. The van der Waals surface area contributed by atoms with Crippen LogP contribution in [0.25, 0.3) is 6.08 Å². The number of Topliss-reactive ketones (excluding diaryl/α,β-unsaturated/α-hetero) is 1. The number of halogens is 1. The molecule has 2 heterocycles. The second kappa shape index (κ2) is 8.37. The SMILES string of the molecule is COc1ccccc1C1C(C(=O)c2ccccc2)N2c3ccc(Cl)cc3C=CC2C1(C#N)C#N. The highest BCUT2D eigenvalue weighted by molar-refractivity contribution is 6.30. The van der Waals surface area contributed by atoms with Crippen molar-refractivity contribution >= 4 is 29.1 Å². The van der Waals surface area contributed by atoms with Gasteiger partial charge in [0.2, 0.25) is 0 Å². The highest BCUT2D eigenvalue weighted by Crippen LogP contribution is 2.57. The lowest BCUT2D eigenvalue weighted by molar-refractivity contribution is 0.0950. The van der Waals surface area contributed by atoms with Crippen LogP contribution in [0.3, 0.4) is 0 Å². The zero-order valence-corrected chi connectivity index (χ0v) is 19.1. The van der Waals surface area contributed by atoms with Gasteiger partial charge in [0.15, 0.2) is 11.2 Å². The number of nitriles is 2. The van der Waals surface area contributed by atoms with Gasteiger partial charge in [0.25, 0.3) is 0 Å². The minimum atomic E-state index is -1.53. The topological polar surface area (TPSA) is 77.1 Å². The van der Waals surface area contributed by atoms with E-state index < -0.39 is 23.4 Å². The maximum Gasteiger partial charge on any atom is 0.185 e. The first-order valence-corrected chi connectivity index (χ1v) is 11.2. The van der Waals surface area contributed by atoms with Crippen LogP contribution in [0, 0.1) is 28.1 Å². The third-order valence-corrected chi connectivity index (χ3v) is 7.00. The summed E-state index contributed by atoms with van der Waals surface area (Å²) in [6, 6.07) is 24.9. The van der Waals surface area contributed by atoms with E-state index in [9.17, 15) is 15.3 Å². The summed E-state index contributed by atoms with van der Waals surface area (Å²) < 4.78 is 5.63. The molecule has 0 amide bonds. The van der Waals surface area contributed by atoms with E-state index in [-0.39, 0.29) is 5.78 Å². The Balaban J connectivity index is 1.82. The fourth-order valence-corrected chi connectivity index (χ4v) is 5.49. The number of rotatable bonds is 4. The van der Waals surface area contributed by atoms with E-state index in [1.807, 2.05) is 65.6 Å². The van der Waals surface area contributed by atoms with Crippen molar-refractivity contribution in [3.63, 3.8) is 0 Å². The van der Waals surface area contributed by atoms with Gasteiger partial charge in [-0.3, -0.25) is 4.79 Å². The number of hydrogen-bond acceptors (Lipinski definition) is 5. The molecule has 34 heavy (non-hydrogen) atoms. The van der Waals surface area contributed by atoms with Crippen LogP contribution in [-0.4, -0.2) is 25.0 Å². The summed E-state index contributed by atoms with van der Waals surface area (Å²) in [5, 5.41) is 21.6. The molecule has 1 fully saturated rings. The summed E-state index contributed by atoms with van der Waals surface area (Å²) in [6.45, 7) is 0. The van der Waals surface area contributed by atoms with Crippen LogP contribution in [0.1, 0.15) is 27.4 Å². The number of methoxy groups -OCH3 is 1. The molecule has 1 saturated heterocycles. The van der Waals surface area contributed by atoms with Crippen LogP contribution >= 0.6 is 11.6 Å². The van der Waals surface area contributed by atoms with E-state index in [1.54, 1.807) is 31.4 Å². The van der Waals surface area contributed by atoms with Gasteiger partial charge >= 0.3 is 0 Å². The third kappa shape index (κ3) is 3.10. The van der Waals surface area contributed by atoms with E-state index in [2.05, 4.69) is 12.1 Å². The fraction of sp³-hybridized carbons (Fsp3) is 0.179. The molecular formula is C28H20ClN3O2. The zero-order chi connectivity index (χ0) is 23.9. The molecule has 6 heteroatoms. The molecule has 3 aromatic rings. The number of ether oxygens (including phenoxy) is 1. The van der Waals surface area contributed by atoms with Gasteiger partial charge in [-0.15, -0.1) is 0 Å². The van der Waals surface area contributed by atoms with Crippen molar-refractivity contribution < 1.29 is 9.53 Å². The quantitative estimate of drug-likeness (QED) is 0.466. The van der Waals surface area contributed by atoms with Gasteiger partial charge in [0.05, 0.1) is 25.3 Å². The number of benzene rings is 3. The smallest absolute Gasteiger partial charge is 0.185 e. The van der Waals surface area contributed by atoms with Gasteiger partial charge in [0, 0.05) is 27.8 Å². The lowest BCUT2D eigenvalue weighted by Crippen LogP contribution is -2.44. The van der Waals surface area contributed by atoms with Crippen molar-refractivity contribution in [1.29, 1.82) is 10.5 Å². The molecule has 5 rings (SSSR count). The largest absolute Gasteiger partial charge is 0.496 e. The summed E-state index contributed by atoms with van der Waals surface area (Å²) in [5.41, 5.74) is 1.24. The highest BCUT2D eigenvalue weighted by Gasteiger charge is 2.63. The van der Waals surface area contributed by atoms with Crippen molar-refractivity contribution in [2.45, 2.75) is 18.0 Å². The molecule has 2 aliphatic heterocycles. The predicted molar refractivity (Wildman–Crippen MR) is 131 cm³/mol. The maximum absolute atomic E-state index is 14.1. The lowest BCUT2D eigenvalue weighted by atomic mass is 9.69. The highest BCUT2D eigenvalue weighted by atomic mass is 35.5. The Morgan fingerprint density at radius 3 is 2.44 bits per heavy atom. The van der Waals surface area contributed by atoms with Crippen molar-refractivity contribution in [2.75, 3.05) is 12.0 Å². The second-order valence-corrected chi connectivity index (χ2v) is 8.84. The molecule has 0 aromatic heterocycles. The van der Waals surface area contributed by atoms with Crippen molar-refractivity contribution in [2.24, 2.45) is 5.41 Å². The number of nitrogens with zero attached hydrogens (tertiary/aromatic N) is 3. The maximum atomic E-state index is 14.1. The minimum absolute atomic E-state index is 0.162. The van der Waals surface area contributed by atoms with Crippen LogP contribution in [0.5, 0.6) is 5.75 Å². The Labute approximate surface area is 203 Å². The van der Waals surface area contributed by atoms with Gasteiger partial charge in [-0.1, -0.05) is 72.3 Å². The molecule has 0 radical (unpaired) electrons. The molecule has 166 valence electrons. The number of ketones is 1. The fourth-order valence-electron chi connectivity index (χ4n) is 5.30. The summed E-state index contributed by atoms with van der Waals surface area (Å²) >= 11 is 6.25. The Bertz CT molecular complexity index is 1370. The van der Waals surface area contributed by atoms with Gasteiger partial charge in [-0.2, -0.15) is 10.5 Å². The summed E-state index contributed by atoms with van der Waals surface area (Å²) in [4.78, 5) is 16.1. The third-order valence-electron chi connectivity index (χ3n) is 6.77. The average molecular weight is 466 g/mol. The molecule has 0 saturated carbocycles. The Hall–Kier alpha value is -4.06. The molecule has 0 spiro atoms. The van der Waals surface area contributed by atoms with Gasteiger partial charge in [0.1, 0.15) is 11.8 Å². The van der Waals surface area contributed by atoms with Crippen molar-refractivity contribution in [3.05, 3.63) is 101 Å². The first kappa shape index (κ1) is 21.8. The number of carbonyl (C=O) groups is 1. The van der Waals surface area contributed by atoms with Crippen LogP contribution in [0.15, 0.2) is 78.9 Å². The second-order valence-electron chi connectivity index (χ2n) is 8.40. The predicted octanol–water partition coefficient (Wildman–Crippen LogP) is 5.63. The average Bonchev–Trinajstić information content (AvgIpc) is 3.19. The summed E-state index contributed by atoms with van der Waals surface area (Å²) in [7, 11) is 1.55. The molecule has 3 atom stereocenters. The number of carbonyl (C=O) groups excluding carboxylic acids is 1. The number of fused-ring (bicyclic) bond motifs is 3. The number of hydrogen-bond donors (Lipinski definition) is 0. The zero-order valence-electron chi connectivity index (χ0n) is 18.4. The first-order chi connectivity index (χ1) is 16.6. The molecular weight excluding hydrogens is 446 g/mol. The van der Waals surface area contributed by atoms with Gasteiger partial charge < -0.3 is 9.64 Å². The van der Waals surface area contributed by atoms with Crippen LogP contribution in [0.4, 0.5) is 5.69 Å². The van der Waals surface area contributed by atoms with Crippen LogP contribution < -0.4 is 9.64 Å². The van der Waals surface area contributed by atoms with Crippen molar-refractivity contribution in [3.8, 4) is 17.9 Å². The normalized spacial score (nSPS) is 21.6. The van der Waals surface area contributed by atoms with E-state index in [1.165, 1.54) is 0 Å². The molecule has 0 N–H and O–H groups in total. The Kier molecular flexibility index (Phi) is 5.36.